The number of rotatable bonds is 4. The highest BCUT2D eigenvalue weighted by Crippen LogP contribution is 2.38. The van der Waals surface area contributed by atoms with Crippen LogP contribution in [-0.2, 0) is 6.42 Å². The summed E-state index contributed by atoms with van der Waals surface area (Å²) in [7, 11) is 0. The van der Waals surface area contributed by atoms with Gasteiger partial charge >= 0.3 is 0 Å². The number of benzene rings is 2. The van der Waals surface area contributed by atoms with E-state index in [1.165, 1.54) is 0 Å². The van der Waals surface area contributed by atoms with Gasteiger partial charge in [0.1, 0.15) is 0 Å². The maximum absolute atomic E-state index is 11.0. The number of phenols is 4. The molecule has 0 saturated carbocycles. The monoisotopic (exact) mass is 322 g/mol. The molecular weight excluding hydrogens is 312 g/mol. The van der Waals surface area contributed by atoms with Gasteiger partial charge in [-0.05, 0) is 12.1 Å². The van der Waals surface area contributed by atoms with E-state index >= 15 is 0 Å². The third-order valence-corrected chi connectivity index (χ3v) is 3.13. The van der Waals surface area contributed by atoms with Crippen molar-refractivity contribution in [3.63, 3.8) is 0 Å². The predicted octanol–water partition coefficient (Wildman–Crippen LogP) is 1.92. The second kappa shape index (κ2) is 5.67. The summed E-state index contributed by atoms with van der Waals surface area (Å²) in [4.78, 5) is 20.4. The minimum absolute atomic E-state index is 0.113. The summed E-state index contributed by atoms with van der Waals surface area (Å²) < 4.78 is 0. The van der Waals surface area contributed by atoms with E-state index in [0.29, 0.717) is 0 Å². The normalized spacial score (nSPS) is 10.4. The van der Waals surface area contributed by atoms with Gasteiger partial charge in [-0.1, -0.05) is 0 Å². The average Bonchev–Trinajstić information content (AvgIpc) is 2.45. The second-order valence-corrected chi connectivity index (χ2v) is 4.63. The van der Waals surface area contributed by atoms with Crippen molar-refractivity contribution in [2.75, 3.05) is 0 Å². The highest BCUT2D eigenvalue weighted by molar-refractivity contribution is 5.58. The van der Waals surface area contributed by atoms with Crippen LogP contribution in [0, 0.1) is 20.2 Å². The van der Waals surface area contributed by atoms with E-state index in [0.717, 1.165) is 24.3 Å². The van der Waals surface area contributed by atoms with E-state index in [1.54, 1.807) is 0 Å². The number of phenolic OH excluding ortho intramolecular Hbond substituents is 4. The van der Waals surface area contributed by atoms with Crippen molar-refractivity contribution in [2.45, 2.75) is 6.42 Å². The maximum atomic E-state index is 11.0. The first-order valence-corrected chi connectivity index (χ1v) is 6.09. The molecule has 10 heteroatoms. The fourth-order valence-corrected chi connectivity index (χ4v) is 2.05. The van der Waals surface area contributed by atoms with Gasteiger partial charge in [0, 0.05) is 17.5 Å². The Hall–Kier alpha value is -3.56. The first-order valence-electron chi connectivity index (χ1n) is 6.09. The van der Waals surface area contributed by atoms with Gasteiger partial charge in [0.2, 0.25) is 0 Å². The molecule has 23 heavy (non-hydrogen) atoms. The lowest BCUT2D eigenvalue weighted by Crippen LogP contribution is -2.00. The zero-order valence-electron chi connectivity index (χ0n) is 11.3. The molecule has 0 aromatic heterocycles. The smallest absolute Gasteiger partial charge is 0.276 e. The van der Waals surface area contributed by atoms with Gasteiger partial charge in [0.15, 0.2) is 23.0 Å². The average molecular weight is 322 g/mol. The third kappa shape index (κ3) is 3.05. The molecule has 120 valence electrons. The van der Waals surface area contributed by atoms with Gasteiger partial charge in [-0.25, -0.2) is 0 Å². The molecule has 0 aliphatic heterocycles. The largest absolute Gasteiger partial charge is 0.504 e. The minimum atomic E-state index is -0.819. The van der Waals surface area contributed by atoms with Crippen molar-refractivity contribution in [1.82, 2.24) is 0 Å². The summed E-state index contributed by atoms with van der Waals surface area (Å²) in [6.45, 7) is 0. The summed E-state index contributed by atoms with van der Waals surface area (Å²) in [5, 5.41) is 59.6. The van der Waals surface area contributed by atoms with Gasteiger partial charge < -0.3 is 20.4 Å². The van der Waals surface area contributed by atoms with E-state index in [2.05, 4.69) is 0 Å². The van der Waals surface area contributed by atoms with Crippen LogP contribution < -0.4 is 0 Å². The Kier molecular flexibility index (Phi) is 3.90. The first-order chi connectivity index (χ1) is 10.7. The summed E-state index contributed by atoms with van der Waals surface area (Å²) in [6, 6.07) is 3.25. The quantitative estimate of drug-likeness (QED) is 0.376. The molecule has 0 atom stereocenters. The van der Waals surface area contributed by atoms with Crippen molar-refractivity contribution in [3.05, 3.63) is 55.6 Å². The molecule has 0 aliphatic carbocycles. The minimum Gasteiger partial charge on any atom is -0.504 e. The molecule has 0 aliphatic rings. The van der Waals surface area contributed by atoms with Crippen LogP contribution in [0.1, 0.15) is 11.1 Å². The lowest BCUT2D eigenvalue weighted by atomic mass is 10.0. The fourth-order valence-electron chi connectivity index (χ4n) is 2.05. The van der Waals surface area contributed by atoms with Crippen molar-refractivity contribution in [3.8, 4) is 23.0 Å². The molecule has 4 N–H and O–H groups in total. The molecule has 0 saturated heterocycles. The Morgan fingerprint density at radius 1 is 0.696 bits per heavy atom. The standard InChI is InChI=1S/C13H10N2O8/c16-10-2-6(8(14(20)21)4-12(10)18)1-7-3-11(17)13(19)5-9(7)15(22)23/h2-5,16-19H,1H2. The summed E-state index contributed by atoms with van der Waals surface area (Å²) >= 11 is 0. The molecule has 0 spiro atoms. The molecule has 10 nitrogen and oxygen atoms in total. The molecule has 0 heterocycles. The van der Waals surface area contributed by atoms with Crippen molar-refractivity contribution in [1.29, 1.82) is 0 Å². The first kappa shape index (κ1) is 15.8. The molecular formula is C13H10N2O8. The molecule has 2 aromatic carbocycles. The Morgan fingerprint density at radius 3 is 1.30 bits per heavy atom. The topological polar surface area (TPSA) is 167 Å². The predicted molar refractivity (Wildman–Crippen MR) is 75.7 cm³/mol. The van der Waals surface area contributed by atoms with Crippen LogP contribution in [0.2, 0.25) is 0 Å². The summed E-state index contributed by atoms with van der Waals surface area (Å²) in [6.07, 6.45) is -0.381. The fraction of sp³-hybridized carbons (Fsp3) is 0.0769. The number of aromatic hydroxyl groups is 4. The van der Waals surface area contributed by atoms with Crippen molar-refractivity contribution >= 4 is 11.4 Å². The lowest BCUT2D eigenvalue weighted by molar-refractivity contribution is -0.386. The Labute approximate surface area is 127 Å². The Balaban J connectivity index is 2.59. The Bertz CT molecular complexity index is 751. The van der Waals surface area contributed by atoms with Crippen LogP contribution in [0.5, 0.6) is 23.0 Å². The van der Waals surface area contributed by atoms with E-state index in [-0.39, 0.29) is 17.5 Å². The number of nitrogens with zero attached hydrogens (tertiary/aromatic N) is 2. The molecule has 2 aromatic rings. The van der Waals surface area contributed by atoms with Gasteiger partial charge in [-0.2, -0.15) is 0 Å². The second-order valence-electron chi connectivity index (χ2n) is 4.63. The van der Waals surface area contributed by atoms with Gasteiger partial charge in [-0.15, -0.1) is 0 Å². The van der Waals surface area contributed by atoms with E-state index in [9.17, 15) is 40.7 Å². The van der Waals surface area contributed by atoms with Crippen molar-refractivity contribution in [2.24, 2.45) is 0 Å². The highest BCUT2D eigenvalue weighted by Gasteiger charge is 2.23. The van der Waals surface area contributed by atoms with Crippen LogP contribution >= 0.6 is 0 Å². The van der Waals surface area contributed by atoms with Crippen LogP contribution in [0.25, 0.3) is 0 Å². The van der Waals surface area contributed by atoms with Crippen LogP contribution in [0.15, 0.2) is 24.3 Å². The molecule has 0 radical (unpaired) electrons. The Morgan fingerprint density at radius 2 is 1.00 bits per heavy atom. The molecule has 0 unspecified atom stereocenters. The number of nitro groups is 2. The summed E-state index contributed by atoms with van der Waals surface area (Å²) in [5.41, 5.74) is -1.33. The third-order valence-electron chi connectivity index (χ3n) is 3.13. The van der Waals surface area contributed by atoms with Gasteiger partial charge in [-0.3, -0.25) is 20.2 Å². The number of hydrogen-bond donors (Lipinski definition) is 4. The highest BCUT2D eigenvalue weighted by atomic mass is 16.6. The zero-order chi connectivity index (χ0) is 17.3. The van der Waals surface area contributed by atoms with E-state index < -0.39 is 44.2 Å². The molecule has 0 amide bonds. The van der Waals surface area contributed by atoms with Crippen LogP contribution in [-0.4, -0.2) is 30.3 Å². The van der Waals surface area contributed by atoms with Crippen molar-refractivity contribution < 1.29 is 30.3 Å². The zero-order valence-corrected chi connectivity index (χ0v) is 11.3. The van der Waals surface area contributed by atoms with E-state index in [4.69, 9.17) is 0 Å². The SMILES string of the molecule is O=[N+]([O-])c1cc(O)c(O)cc1Cc1cc(O)c(O)cc1[N+](=O)[O-]. The van der Waals surface area contributed by atoms with E-state index in [1.807, 2.05) is 0 Å². The number of nitro benzene ring substituents is 2. The molecule has 0 bridgehead atoms. The van der Waals surface area contributed by atoms with Gasteiger partial charge in [0.25, 0.3) is 11.4 Å². The lowest BCUT2D eigenvalue weighted by Gasteiger charge is -2.08. The van der Waals surface area contributed by atoms with Gasteiger partial charge in [0.05, 0.1) is 22.0 Å². The van der Waals surface area contributed by atoms with Crippen LogP contribution in [0.4, 0.5) is 11.4 Å². The summed E-state index contributed by atoms with van der Waals surface area (Å²) in [5.74, 6) is -2.67. The maximum Gasteiger partial charge on any atom is 0.276 e. The van der Waals surface area contributed by atoms with Crippen LogP contribution in [0.3, 0.4) is 0 Å². The molecule has 2 rings (SSSR count). The molecule has 0 fully saturated rings. The number of hydrogen-bond acceptors (Lipinski definition) is 8.